The number of carbonyl (C=O) groups is 1. The molecule has 0 aromatic carbocycles. The molecule has 1 aromatic heterocycles. The van der Waals surface area contributed by atoms with E-state index in [1.807, 2.05) is 0 Å². The number of hydrogen-bond donors (Lipinski definition) is 0. The Kier molecular flexibility index (Phi) is 2.46. The van der Waals surface area contributed by atoms with Gasteiger partial charge in [0.05, 0.1) is 13.2 Å². The van der Waals surface area contributed by atoms with Gasteiger partial charge in [-0.05, 0) is 30.9 Å². The van der Waals surface area contributed by atoms with Crippen molar-refractivity contribution in [3.8, 4) is 5.88 Å². The zero-order valence-electron chi connectivity index (χ0n) is 9.60. The van der Waals surface area contributed by atoms with Crippen LogP contribution in [0.4, 0.5) is 14.5 Å². The van der Waals surface area contributed by atoms with Gasteiger partial charge >= 0.3 is 5.92 Å². The lowest BCUT2D eigenvalue weighted by atomic mass is 10.1. The summed E-state index contributed by atoms with van der Waals surface area (Å²) >= 11 is 0. The van der Waals surface area contributed by atoms with Crippen LogP contribution in [0.25, 0.3) is 0 Å². The van der Waals surface area contributed by atoms with Crippen LogP contribution in [0.5, 0.6) is 5.88 Å². The smallest absolute Gasteiger partial charge is 0.342 e. The molecule has 1 aliphatic heterocycles. The number of rotatable bonds is 4. The van der Waals surface area contributed by atoms with Crippen molar-refractivity contribution in [1.29, 1.82) is 0 Å². The highest BCUT2D eigenvalue weighted by atomic mass is 19.3. The topological polar surface area (TPSA) is 42.4 Å². The van der Waals surface area contributed by atoms with Gasteiger partial charge in [0, 0.05) is 6.20 Å². The molecule has 0 spiro atoms. The van der Waals surface area contributed by atoms with E-state index in [9.17, 15) is 13.6 Å². The van der Waals surface area contributed by atoms with Crippen molar-refractivity contribution in [2.24, 2.45) is 5.92 Å². The number of amides is 1. The summed E-state index contributed by atoms with van der Waals surface area (Å²) in [5.74, 6) is -3.64. The number of pyridine rings is 1. The Morgan fingerprint density at radius 3 is 2.89 bits per heavy atom. The average Bonchev–Trinajstić information content (AvgIpc) is 3.18. The maximum Gasteiger partial charge on any atom is 0.342 e. The van der Waals surface area contributed by atoms with Crippen molar-refractivity contribution >= 4 is 11.6 Å². The SMILES string of the molecule is O=C1N(c2cccnc2OCC2CC2)CC1(F)F. The lowest BCUT2D eigenvalue weighted by molar-refractivity contribution is -0.152. The summed E-state index contributed by atoms with van der Waals surface area (Å²) in [5.41, 5.74) is 0.328. The molecular formula is C12H12F2N2O2. The number of nitrogens with zero attached hydrogens (tertiary/aromatic N) is 2. The molecule has 2 fully saturated rings. The van der Waals surface area contributed by atoms with Crippen LogP contribution in [0.1, 0.15) is 12.8 Å². The van der Waals surface area contributed by atoms with Crippen LogP contribution < -0.4 is 9.64 Å². The number of carbonyl (C=O) groups excluding carboxylic acids is 1. The van der Waals surface area contributed by atoms with Crippen molar-refractivity contribution in [1.82, 2.24) is 4.98 Å². The molecule has 1 aliphatic carbocycles. The second-order valence-electron chi connectivity index (χ2n) is 4.68. The molecule has 0 atom stereocenters. The van der Waals surface area contributed by atoms with Crippen molar-refractivity contribution in [2.75, 3.05) is 18.1 Å². The minimum absolute atomic E-state index is 0.258. The second-order valence-corrected chi connectivity index (χ2v) is 4.68. The number of anilines is 1. The van der Waals surface area contributed by atoms with Gasteiger partial charge in [0.25, 0.3) is 5.91 Å². The number of aromatic nitrogens is 1. The number of hydrogen-bond acceptors (Lipinski definition) is 3. The standard InChI is InChI=1S/C12H12F2N2O2/c13-12(14)7-16(11(12)17)9-2-1-5-15-10(9)18-6-8-3-4-8/h1-2,5,8H,3-4,6-7H2. The fraction of sp³-hybridized carbons (Fsp3) is 0.500. The molecule has 6 heteroatoms. The van der Waals surface area contributed by atoms with Crippen LogP contribution in [0, 0.1) is 5.92 Å². The Balaban J connectivity index is 1.76. The Hall–Kier alpha value is -1.72. The van der Waals surface area contributed by atoms with Gasteiger partial charge in [0.1, 0.15) is 5.69 Å². The predicted octanol–water partition coefficient (Wildman–Crippen LogP) is 1.85. The first-order valence-electron chi connectivity index (χ1n) is 5.85. The van der Waals surface area contributed by atoms with E-state index in [1.54, 1.807) is 12.1 Å². The summed E-state index contributed by atoms with van der Waals surface area (Å²) < 4.78 is 31.2. The van der Waals surface area contributed by atoms with Crippen LogP contribution >= 0.6 is 0 Å². The quantitative estimate of drug-likeness (QED) is 0.770. The van der Waals surface area contributed by atoms with Gasteiger partial charge < -0.3 is 4.74 Å². The normalized spacial score (nSPS) is 21.7. The molecule has 2 heterocycles. The van der Waals surface area contributed by atoms with Gasteiger partial charge in [-0.1, -0.05) is 0 Å². The van der Waals surface area contributed by atoms with Crippen molar-refractivity contribution in [2.45, 2.75) is 18.8 Å². The van der Waals surface area contributed by atoms with Gasteiger partial charge in [-0.15, -0.1) is 0 Å². The Bertz CT molecular complexity index is 489. The third-order valence-electron chi connectivity index (χ3n) is 3.11. The van der Waals surface area contributed by atoms with E-state index < -0.39 is 18.4 Å². The predicted molar refractivity (Wildman–Crippen MR) is 59.8 cm³/mol. The van der Waals surface area contributed by atoms with Crippen LogP contribution in [-0.2, 0) is 4.79 Å². The monoisotopic (exact) mass is 254 g/mol. The molecule has 0 N–H and O–H groups in total. The Morgan fingerprint density at radius 1 is 1.50 bits per heavy atom. The molecule has 0 radical (unpaired) electrons. The van der Waals surface area contributed by atoms with Crippen molar-refractivity contribution in [3.05, 3.63) is 18.3 Å². The highest BCUT2D eigenvalue weighted by molar-refractivity contribution is 6.06. The van der Waals surface area contributed by atoms with Gasteiger partial charge in [-0.25, -0.2) is 4.98 Å². The molecule has 4 nitrogen and oxygen atoms in total. The summed E-state index contributed by atoms with van der Waals surface area (Å²) in [5, 5.41) is 0. The van der Waals surface area contributed by atoms with Crippen LogP contribution in [0.2, 0.25) is 0 Å². The number of ether oxygens (including phenoxy) is 1. The third kappa shape index (κ3) is 1.91. The van der Waals surface area contributed by atoms with Crippen LogP contribution in [0.3, 0.4) is 0 Å². The number of β-lactam (4-membered cyclic amide) rings is 1. The zero-order valence-corrected chi connectivity index (χ0v) is 9.60. The van der Waals surface area contributed by atoms with Crippen molar-refractivity contribution in [3.63, 3.8) is 0 Å². The number of alkyl halides is 2. The first-order chi connectivity index (χ1) is 8.58. The minimum Gasteiger partial charge on any atom is -0.476 e. The van der Waals surface area contributed by atoms with Crippen LogP contribution in [0.15, 0.2) is 18.3 Å². The van der Waals surface area contributed by atoms with E-state index in [-0.39, 0.29) is 5.88 Å². The first kappa shape index (κ1) is 11.4. The highest BCUT2D eigenvalue weighted by Crippen LogP contribution is 2.38. The van der Waals surface area contributed by atoms with Gasteiger partial charge in [0.2, 0.25) is 5.88 Å². The summed E-state index contributed by atoms with van der Waals surface area (Å²) in [6, 6.07) is 3.17. The molecule has 0 bridgehead atoms. The molecule has 1 amide bonds. The molecular weight excluding hydrogens is 242 g/mol. The zero-order chi connectivity index (χ0) is 12.8. The molecule has 2 aliphatic rings. The van der Waals surface area contributed by atoms with Gasteiger partial charge in [-0.3, -0.25) is 9.69 Å². The Labute approximate surface area is 103 Å². The van der Waals surface area contributed by atoms with E-state index in [2.05, 4.69) is 4.98 Å². The second kappa shape index (κ2) is 3.90. The van der Waals surface area contributed by atoms with E-state index in [1.165, 1.54) is 6.20 Å². The maximum absolute atomic E-state index is 12.9. The number of halogens is 2. The summed E-state index contributed by atoms with van der Waals surface area (Å²) in [6.45, 7) is -0.0697. The molecule has 1 aromatic rings. The van der Waals surface area contributed by atoms with E-state index >= 15 is 0 Å². The average molecular weight is 254 g/mol. The maximum atomic E-state index is 12.9. The van der Waals surface area contributed by atoms with Gasteiger partial charge in [0.15, 0.2) is 0 Å². The van der Waals surface area contributed by atoms with E-state index in [4.69, 9.17) is 4.74 Å². The molecule has 18 heavy (non-hydrogen) atoms. The Morgan fingerprint density at radius 2 is 2.28 bits per heavy atom. The molecule has 96 valence electrons. The molecule has 1 saturated carbocycles. The van der Waals surface area contributed by atoms with E-state index in [0.29, 0.717) is 18.2 Å². The van der Waals surface area contributed by atoms with Crippen LogP contribution in [-0.4, -0.2) is 30.0 Å². The summed E-state index contributed by atoms with van der Waals surface area (Å²) in [6.07, 6.45) is 3.78. The molecule has 3 rings (SSSR count). The highest BCUT2D eigenvalue weighted by Gasteiger charge is 2.55. The fourth-order valence-corrected chi connectivity index (χ4v) is 1.82. The fourth-order valence-electron chi connectivity index (χ4n) is 1.82. The van der Waals surface area contributed by atoms with E-state index in [0.717, 1.165) is 17.7 Å². The lowest BCUT2D eigenvalue weighted by Gasteiger charge is -2.37. The third-order valence-corrected chi connectivity index (χ3v) is 3.11. The van der Waals surface area contributed by atoms with Crippen molar-refractivity contribution < 1.29 is 18.3 Å². The molecule has 0 unspecified atom stereocenters. The lowest BCUT2D eigenvalue weighted by Crippen LogP contribution is -2.62. The largest absolute Gasteiger partial charge is 0.476 e. The molecule has 1 saturated heterocycles. The van der Waals surface area contributed by atoms with Gasteiger partial charge in [-0.2, -0.15) is 8.78 Å². The minimum atomic E-state index is -3.25. The first-order valence-corrected chi connectivity index (χ1v) is 5.85. The summed E-state index contributed by atoms with van der Waals surface area (Å²) in [4.78, 5) is 16.3. The summed E-state index contributed by atoms with van der Waals surface area (Å²) in [7, 11) is 0.